The van der Waals surface area contributed by atoms with Gasteiger partial charge in [-0.1, -0.05) is 12.1 Å². The molecule has 0 bridgehead atoms. The van der Waals surface area contributed by atoms with Crippen molar-refractivity contribution in [2.45, 2.75) is 18.6 Å². The Labute approximate surface area is 109 Å². The van der Waals surface area contributed by atoms with Crippen LogP contribution in [0.2, 0.25) is 0 Å². The third kappa shape index (κ3) is 3.45. The van der Waals surface area contributed by atoms with Crippen molar-refractivity contribution in [1.29, 1.82) is 0 Å². The fourth-order valence-corrected chi connectivity index (χ4v) is 2.29. The van der Waals surface area contributed by atoms with Gasteiger partial charge in [-0.2, -0.15) is 0 Å². The molecule has 2 rings (SSSR count). The van der Waals surface area contributed by atoms with Crippen molar-refractivity contribution in [3.63, 3.8) is 0 Å². The number of nitrogens with one attached hydrogen (secondary N) is 2. The van der Waals surface area contributed by atoms with E-state index >= 15 is 0 Å². The minimum Gasteiger partial charge on any atom is -0.497 e. The first-order valence-corrected chi connectivity index (χ1v) is 6.47. The molecule has 0 saturated carbocycles. The molecule has 1 aromatic rings. The molecule has 1 aliphatic heterocycles. The standard InChI is InChI=1S/C14H22N2O2/c1-15-14(9-13-10-16-7-8-18-13)11-3-5-12(17-2)6-4-11/h3-6,13-16H,7-10H2,1-2H3. The molecule has 0 aliphatic carbocycles. The van der Waals surface area contributed by atoms with Crippen LogP contribution in [0.15, 0.2) is 24.3 Å². The highest BCUT2D eigenvalue weighted by Crippen LogP contribution is 2.22. The fraction of sp³-hybridized carbons (Fsp3) is 0.571. The summed E-state index contributed by atoms with van der Waals surface area (Å²) in [4.78, 5) is 0. The molecule has 4 heteroatoms. The quantitative estimate of drug-likeness (QED) is 0.827. The summed E-state index contributed by atoms with van der Waals surface area (Å²) in [5.41, 5.74) is 1.27. The van der Waals surface area contributed by atoms with Crippen LogP contribution in [0, 0.1) is 0 Å². The predicted octanol–water partition coefficient (Wildman–Crippen LogP) is 1.33. The molecule has 2 unspecified atom stereocenters. The molecule has 1 heterocycles. The number of morpholine rings is 1. The van der Waals surface area contributed by atoms with Gasteiger partial charge in [0.15, 0.2) is 0 Å². The van der Waals surface area contributed by atoms with Crippen molar-refractivity contribution in [3.05, 3.63) is 29.8 Å². The highest BCUT2D eigenvalue weighted by molar-refractivity contribution is 5.29. The second-order valence-electron chi connectivity index (χ2n) is 4.55. The van der Waals surface area contributed by atoms with Crippen molar-refractivity contribution >= 4 is 0 Å². The zero-order valence-electron chi connectivity index (χ0n) is 11.1. The van der Waals surface area contributed by atoms with Crippen LogP contribution in [-0.2, 0) is 4.74 Å². The first kappa shape index (κ1) is 13.3. The molecule has 0 spiro atoms. The Morgan fingerprint density at radius 2 is 2.22 bits per heavy atom. The minimum absolute atomic E-state index is 0.290. The maximum Gasteiger partial charge on any atom is 0.118 e. The molecule has 2 N–H and O–H groups in total. The summed E-state index contributed by atoms with van der Waals surface area (Å²) in [6.45, 7) is 2.71. The molecule has 0 aromatic heterocycles. The van der Waals surface area contributed by atoms with Gasteiger partial charge in [-0.15, -0.1) is 0 Å². The van der Waals surface area contributed by atoms with Gasteiger partial charge in [-0.25, -0.2) is 0 Å². The fourth-order valence-electron chi connectivity index (χ4n) is 2.29. The third-order valence-corrected chi connectivity index (χ3v) is 3.37. The lowest BCUT2D eigenvalue weighted by molar-refractivity contribution is 0.0176. The summed E-state index contributed by atoms with van der Waals surface area (Å²) in [6, 6.07) is 8.53. The Kier molecular flexibility index (Phi) is 4.99. The molecule has 1 aliphatic rings. The predicted molar refractivity (Wildman–Crippen MR) is 72.0 cm³/mol. The van der Waals surface area contributed by atoms with Gasteiger partial charge in [0.1, 0.15) is 5.75 Å². The number of benzene rings is 1. The van der Waals surface area contributed by atoms with Crippen LogP contribution in [0.1, 0.15) is 18.0 Å². The summed E-state index contributed by atoms with van der Waals surface area (Å²) < 4.78 is 10.9. The van der Waals surface area contributed by atoms with Gasteiger partial charge in [0, 0.05) is 19.1 Å². The summed E-state index contributed by atoms with van der Waals surface area (Å²) >= 11 is 0. The van der Waals surface area contributed by atoms with E-state index in [-0.39, 0.29) is 0 Å². The van der Waals surface area contributed by atoms with Crippen molar-refractivity contribution < 1.29 is 9.47 Å². The van der Waals surface area contributed by atoms with E-state index in [0.717, 1.165) is 31.9 Å². The Morgan fingerprint density at radius 1 is 1.44 bits per heavy atom. The lowest BCUT2D eigenvalue weighted by Gasteiger charge is -2.27. The topological polar surface area (TPSA) is 42.5 Å². The molecular formula is C14H22N2O2. The number of hydrogen-bond acceptors (Lipinski definition) is 4. The van der Waals surface area contributed by atoms with Gasteiger partial charge in [-0.05, 0) is 31.2 Å². The van der Waals surface area contributed by atoms with Gasteiger partial charge in [0.25, 0.3) is 0 Å². The number of methoxy groups -OCH3 is 1. The summed E-state index contributed by atoms with van der Waals surface area (Å²) in [7, 11) is 3.68. The number of ether oxygens (including phenoxy) is 2. The SMILES string of the molecule is CNC(CC1CNCCO1)c1ccc(OC)cc1. The molecule has 2 atom stereocenters. The van der Waals surface area contributed by atoms with E-state index in [1.165, 1.54) is 5.56 Å². The van der Waals surface area contributed by atoms with Crippen molar-refractivity contribution in [2.75, 3.05) is 33.9 Å². The first-order valence-electron chi connectivity index (χ1n) is 6.47. The molecule has 1 aromatic carbocycles. The maximum absolute atomic E-state index is 5.75. The van der Waals surface area contributed by atoms with Gasteiger partial charge >= 0.3 is 0 Å². The molecule has 1 saturated heterocycles. The molecule has 18 heavy (non-hydrogen) atoms. The lowest BCUT2D eigenvalue weighted by Crippen LogP contribution is -2.40. The van der Waals surface area contributed by atoms with Gasteiger partial charge in [-0.3, -0.25) is 0 Å². The van der Waals surface area contributed by atoms with Crippen molar-refractivity contribution in [3.8, 4) is 5.75 Å². The van der Waals surface area contributed by atoms with Crippen LogP contribution in [-0.4, -0.2) is 40.0 Å². The molecule has 0 amide bonds. The Balaban J connectivity index is 1.97. The highest BCUT2D eigenvalue weighted by Gasteiger charge is 2.19. The van der Waals surface area contributed by atoms with Gasteiger partial charge in [0.05, 0.1) is 19.8 Å². The van der Waals surface area contributed by atoms with E-state index < -0.39 is 0 Å². The zero-order valence-corrected chi connectivity index (χ0v) is 11.1. The van der Waals surface area contributed by atoms with Crippen LogP contribution in [0.5, 0.6) is 5.75 Å². The highest BCUT2D eigenvalue weighted by atomic mass is 16.5. The monoisotopic (exact) mass is 250 g/mol. The first-order chi connectivity index (χ1) is 8.83. The van der Waals surface area contributed by atoms with Crippen LogP contribution < -0.4 is 15.4 Å². The van der Waals surface area contributed by atoms with Crippen LogP contribution in [0.4, 0.5) is 0 Å². The average Bonchev–Trinajstić information content (AvgIpc) is 2.46. The van der Waals surface area contributed by atoms with E-state index in [1.54, 1.807) is 7.11 Å². The normalized spacial score (nSPS) is 21.6. The van der Waals surface area contributed by atoms with Crippen LogP contribution >= 0.6 is 0 Å². The van der Waals surface area contributed by atoms with Crippen molar-refractivity contribution in [2.24, 2.45) is 0 Å². The Morgan fingerprint density at radius 3 is 2.78 bits per heavy atom. The second kappa shape index (κ2) is 6.73. The zero-order chi connectivity index (χ0) is 12.8. The average molecular weight is 250 g/mol. The van der Waals surface area contributed by atoms with E-state index in [9.17, 15) is 0 Å². The van der Waals surface area contributed by atoms with E-state index in [1.807, 2.05) is 19.2 Å². The summed E-state index contributed by atoms with van der Waals surface area (Å²) in [6.07, 6.45) is 1.27. The lowest BCUT2D eigenvalue weighted by atomic mass is 10.00. The smallest absolute Gasteiger partial charge is 0.118 e. The largest absolute Gasteiger partial charge is 0.497 e. The van der Waals surface area contributed by atoms with E-state index in [2.05, 4.69) is 22.8 Å². The van der Waals surface area contributed by atoms with E-state index in [4.69, 9.17) is 9.47 Å². The van der Waals surface area contributed by atoms with Crippen molar-refractivity contribution in [1.82, 2.24) is 10.6 Å². The molecular weight excluding hydrogens is 228 g/mol. The Hall–Kier alpha value is -1.10. The van der Waals surface area contributed by atoms with Gasteiger partial charge < -0.3 is 20.1 Å². The van der Waals surface area contributed by atoms with Gasteiger partial charge in [0.2, 0.25) is 0 Å². The summed E-state index contributed by atoms with van der Waals surface area (Å²) in [5, 5.41) is 6.72. The number of hydrogen-bond donors (Lipinski definition) is 2. The molecule has 4 nitrogen and oxygen atoms in total. The second-order valence-corrected chi connectivity index (χ2v) is 4.55. The minimum atomic E-state index is 0.290. The molecule has 100 valence electrons. The summed E-state index contributed by atoms with van der Waals surface area (Å²) in [5.74, 6) is 0.893. The number of rotatable bonds is 5. The van der Waals surface area contributed by atoms with E-state index in [0.29, 0.717) is 12.1 Å². The Bertz CT molecular complexity index is 347. The van der Waals surface area contributed by atoms with Crippen LogP contribution in [0.25, 0.3) is 0 Å². The van der Waals surface area contributed by atoms with Crippen LogP contribution in [0.3, 0.4) is 0 Å². The maximum atomic E-state index is 5.75. The third-order valence-electron chi connectivity index (χ3n) is 3.37. The molecule has 1 fully saturated rings. The molecule has 0 radical (unpaired) electrons.